The van der Waals surface area contributed by atoms with E-state index >= 15 is 0 Å². The van der Waals surface area contributed by atoms with Gasteiger partial charge in [0.25, 0.3) is 0 Å². The summed E-state index contributed by atoms with van der Waals surface area (Å²) < 4.78 is 0. The van der Waals surface area contributed by atoms with Crippen LogP contribution in [0, 0.1) is 5.92 Å². The van der Waals surface area contributed by atoms with Crippen molar-refractivity contribution in [2.75, 3.05) is 13.1 Å². The molecule has 0 aliphatic carbocycles. The number of amides is 1. The second-order valence-corrected chi connectivity index (χ2v) is 4.34. The lowest BCUT2D eigenvalue weighted by Gasteiger charge is -2.01. The van der Waals surface area contributed by atoms with Crippen molar-refractivity contribution in [1.82, 2.24) is 5.32 Å². The summed E-state index contributed by atoms with van der Waals surface area (Å²) in [6.07, 6.45) is 5.82. The fourth-order valence-electron chi connectivity index (χ4n) is 1.20. The highest BCUT2D eigenvalue weighted by Crippen LogP contribution is 2.06. The first-order valence-corrected chi connectivity index (χ1v) is 6.55. The van der Waals surface area contributed by atoms with Gasteiger partial charge in [0.1, 0.15) is 0 Å². The summed E-state index contributed by atoms with van der Waals surface area (Å²) >= 11 is 0. The van der Waals surface area contributed by atoms with Crippen molar-refractivity contribution < 1.29 is 4.79 Å². The van der Waals surface area contributed by atoms with Gasteiger partial charge in [0.15, 0.2) is 0 Å². The molecule has 98 valence electrons. The van der Waals surface area contributed by atoms with Crippen molar-refractivity contribution in [2.45, 2.75) is 59.8 Å². The Hall–Kier alpha value is -0.570. The maximum absolute atomic E-state index is 10.3. The number of nitrogens with one attached hydrogen (secondary N) is 1. The summed E-state index contributed by atoms with van der Waals surface area (Å²) in [5, 5.41) is 2.66. The van der Waals surface area contributed by atoms with Crippen LogP contribution >= 0.6 is 0 Å². The molecule has 0 aliphatic heterocycles. The second kappa shape index (κ2) is 14.4. The number of unbranched alkanes of at least 4 members (excludes halogenated alkanes) is 2. The summed E-state index contributed by atoms with van der Waals surface area (Å²) in [6, 6.07) is 0. The average Bonchev–Trinajstić information content (AvgIpc) is 2.25. The zero-order valence-corrected chi connectivity index (χ0v) is 11.5. The van der Waals surface area contributed by atoms with E-state index in [1.165, 1.54) is 25.7 Å². The van der Waals surface area contributed by atoms with Crippen molar-refractivity contribution in [3.05, 3.63) is 0 Å². The highest BCUT2D eigenvalue weighted by molar-refractivity contribution is 5.75. The van der Waals surface area contributed by atoms with Crippen molar-refractivity contribution in [3.8, 4) is 0 Å². The molecule has 0 unspecified atom stereocenters. The molecule has 0 spiro atoms. The molecule has 0 bridgehead atoms. The van der Waals surface area contributed by atoms with E-state index < -0.39 is 0 Å². The predicted molar refractivity (Wildman–Crippen MR) is 71.3 cm³/mol. The monoisotopic (exact) mass is 230 g/mol. The van der Waals surface area contributed by atoms with Crippen molar-refractivity contribution in [3.63, 3.8) is 0 Å². The number of hydrogen-bond donors (Lipinski definition) is 2. The number of nitrogens with two attached hydrogens (primary N) is 1. The topological polar surface area (TPSA) is 55.1 Å². The molecule has 0 aromatic heterocycles. The van der Waals surface area contributed by atoms with E-state index in [0.29, 0.717) is 6.42 Å². The molecule has 0 fully saturated rings. The van der Waals surface area contributed by atoms with Crippen LogP contribution in [0.3, 0.4) is 0 Å². The molecule has 0 saturated carbocycles. The van der Waals surface area contributed by atoms with Gasteiger partial charge in [-0.1, -0.05) is 40.0 Å². The summed E-state index contributed by atoms with van der Waals surface area (Å²) in [4.78, 5) is 10.3. The number of carbonyl (C=O) groups is 1. The van der Waals surface area contributed by atoms with Gasteiger partial charge in [-0.15, -0.1) is 0 Å². The van der Waals surface area contributed by atoms with E-state index in [0.717, 1.165) is 19.0 Å². The number of carbonyl (C=O) groups excluding carboxylic acids is 1. The summed E-state index contributed by atoms with van der Waals surface area (Å²) in [6.45, 7) is 9.88. The summed E-state index contributed by atoms with van der Waals surface area (Å²) in [7, 11) is 0. The molecule has 0 aromatic carbocycles. The Morgan fingerprint density at radius 1 is 1.19 bits per heavy atom. The van der Waals surface area contributed by atoms with Crippen LogP contribution in [0.25, 0.3) is 0 Å². The first-order chi connectivity index (χ1) is 7.58. The van der Waals surface area contributed by atoms with Gasteiger partial charge in [0.05, 0.1) is 0 Å². The van der Waals surface area contributed by atoms with Crippen LogP contribution in [0.5, 0.6) is 0 Å². The lowest BCUT2D eigenvalue weighted by atomic mass is 10.1. The van der Waals surface area contributed by atoms with Gasteiger partial charge < -0.3 is 11.1 Å². The van der Waals surface area contributed by atoms with Gasteiger partial charge in [-0.2, -0.15) is 0 Å². The van der Waals surface area contributed by atoms with Crippen LogP contribution in [-0.4, -0.2) is 19.0 Å². The Morgan fingerprint density at radius 3 is 2.12 bits per heavy atom. The van der Waals surface area contributed by atoms with Gasteiger partial charge in [-0.25, -0.2) is 0 Å². The quantitative estimate of drug-likeness (QED) is 0.661. The Bertz CT molecular complexity index is 147. The number of hydrogen-bond acceptors (Lipinski definition) is 2. The molecule has 0 saturated heterocycles. The van der Waals surface area contributed by atoms with Gasteiger partial charge >= 0.3 is 0 Å². The molecule has 0 atom stereocenters. The average molecular weight is 230 g/mol. The highest BCUT2D eigenvalue weighted by Gasteiger charge is 1.92. The molecule has 0 aromatic rings. The summed E-state index contributed by atoms with van der Waals surface area (Å²) in [5.41, 5.74) is 5.35. The Morgan fingerprint density at radius 2 is 1.81 bits per heavy atom. The molecule has 3 nitrogen and oxygen atoms in total. The van der Waals surface area contributed by atoms with Gasteiger partial charge in [0.2, 0.25) is 5.91 Å². The van der Waals surface area contributed by atoms with E-state index in [1.54, 1.807) is 0 Å². The smallest absolute Gasteiger partial charge is 0.219 e. The minimum Gasteiger partial charge on any atom is -0.356 e. The molecular formula is C13H30N2O. The van der Waals surface area contributed by atoms with Crippen molar-refractivity contribution in [1.29, 1.82) is 0 Å². The highest BCUT2D eigenvalue weighted by atomic mass is 16.1. The predicted octanol–water partition coefficient (Wildman–Crippen LogP) is 2.69. The zero-order chi connectivity index (χ0) is 12.8. The SMILES string of the molecule is CC(C)CCCCCN.CCNC(=O)CC. The minimum atomic E-state index is 0.127. The van der Waals surface area contributed by atoms with Crippen molar-refractivity contribution in [2.24, 2.45) is 11.7 Å². The van der Waals surface area contributed by atoms with Crippen molar-refractivity contribution >= 4 is 5.91 Å². The fourth-order valence-corrected chi connectivity index (χ4v) is 1.20. The van der Waals surface area contributed by atoms with Crippen LogP contribution in [0.2, 0.25) is 0 Å². The zero-order valence-electron chi connectivity index (χ0n) is 11.5. The minimum absolute atomic E-state index is 0.127. The van der Waals surface area contributed by atoms with E-state index in [-0.39, 0.29) is 5.91 Å². The Balaban J connectivity index is 0. The van der Waals surface area contributed by atoms with Crippen LogP contribution in [0.15, 0.2) is 0 Å². The molecule has 16 heavy (non-hydrogen) atoms. The van der Waals surface area contributed by atoms with Gasteiger partial charge in [-0.05, 0) is 25.8 Å². The second-order valence-electron chi connectivity index (χ2n) is 4.34. The number of rotatable bonds is 7. The van der Waals surface area contributed by atoms with E-state index in [9.17, 15) is 4.79 Å². The summed E-state index contributed by atoms with van der Waals surface area (Å²) in [5.74, 6) is 0.991. The van der Waals surface area contributed by atoms with Crippen LogP contribution in [0.4, 0.5) is 0 Å². The maximum atomic E-state index is 10.3. The molecule has 0 heterocycles. The third kappa shape index (κ3) is 19.1. The van der Waals surface area contributed by atoms with Gasteiger partial charge in [-0.3, -0.25) is 4.79 Å². The first-order valence-electron chi connectivity index (χ1n) is 6.55. The van der Waals surface area contributed by atoms with Crippen LogP contribution in [0.1, 0.15) is 59.8 Å². The molecule has 3 heteroatoms. The third-order valence-electron chi connectivity index (χ3n) is 2.18. The van der Waals surface area contributed by atoms with E-state index in [1.807, 2.05) is 13.8 Å². The molecule has 0 rings (SSSR count). The lowest BCUT2D eigenvalue weighted by molar-refractivity contribution is -0.120. The van der Waals surface area contributed by atoms with Crippen LogP contribution < -0.4 is 11.1 Å². The van der Waals surface area contributed by atoms with Gasteiger partial charge in [0, 0.05) is 13.0 Å². The Kier molecular flexibility index (Phi) is 16.1. The third-order valence-corrected chi connectivity index (χ3v) is 2.18. The molecule has 3 N–H and O–H groups in total. The first kappa shape index (κ1) is 17.8. The normalized spacial score (nSPS) is 9.62. The largest absolute Gasteiger partial charge is 0.356 e. The van der Waals surface area contributed by atoms with Crippen LogP contribution in [-0.2, 0) is 4.79 Å². The van der Waals surface area contributed by atoms with E-state index in [4.69, 9.17) is 5.73 Å². The fraction of sp³-hybridized carbons (Fsp3) is 0.923. The standard InChI is InChI=1S/C8H19N.C5H11NO/c1-8(2)6-4-3-5-7-9;1-3-5(7)6-4-2/h8H,3-7,9H2,1-2H3;3-4H2,1-2H3,(H,6,7). The molecule has 0 aliphatic rings. The molecule has 0 radical (unpaired) electrons. The lowest BCUT2D eigenvalue weighted by Crippen LogP contribution is -2.20. The van der Waals surface area contributed by atoms with E-state index in [2.05, 4.69) is 19.2 Å². The molecule has 1 amide bonds. The Labute approximate surface area is 101 Å². The maximum Gasteiger partial charge on any atom is 0.219 e. The molecular weight excluding hydrogens is 200 g/mol.